The Morgan fingerprint density at radius 3 is 1.92 bits per heavy atom. The third-order valence-corrected chi connectivity index (χ3v) is 4.29. The van der Waals surface area contributed by atoms with Crippen LogP contribution < -0.4 is 9.13 Å². The fourth-order valence-corrected chi connectivity index (χ4v) is 3.03. The SMILES string of the molecule is Cc1ccc2nc(Cn3cc[n+](C)c3)c(Cn3cc[n+](C)c3)nc2c1. The highest BCUT2D eigenvalue weighted by atomic mass is 15.1. The van der Waals surface area contributed by atoms with E-state index in [0.717, 1.165) is 22.4 Å². The monoisotopic (exact) mass is 334 g/mol. The van der Waals surface area contributed by atoms with Crippen molar-refractivity contribution in [2.45, 2.75) is 20.0 Å². The zero-order chi connectivity index (χ0) is 17.4. The molecule has 6 heteroatoms. The highest BCUT2D eigenvalue weighted by Crippen LogP contribution is 2.16. The third-order valence-electron chi connectivity index (χ3n) is 4.29. The number of hydrogen-bond donors (Lipinski definition) is 0. The molecule has 4 rings (SSSR count). The van der Waals surface area contributed by atoms with Crippen LogP contribution in [-0.2, 0) is 27.2 Å². The number of aromatic nitrogens is 6. The topological polar surface area (TPSA) is 43.4 Å². The maximum Gasteiger partial charge on any atom is 0.243 e. The summed E-state index contributed by atoms with van der Waals surface area (Å²) in [4.78, 5) is 9.84. The van der Waals surface area contributed by atoms with Gasteiger partial charge < -0.3 is 0 Å². The number of nitrogens with zero attached hydrogens (tertiary/aromatic N) is 6. The first kappa shape index (κ1) is 15.5. The number of hydrogen-bond acceptors (Lipinski definition) is 2. The summed E-state index contributed by atoms with van der Waals surface area (Å²) in [6.45, 7) is 3.50. The van der Waals surface area contributed by atoms with Crippen molar-refractivity contribution >= 4 is 11.0 Å². The van der Waals surface area contributed by atoms with E-state index in [-0.39, 0.29) is 0 Å². The van der Waals surface area contributed by atoms with Gasteiger partial charge in [0.1, 0.15) is 49.3 Å². The molecule has 0 N–H and O–H groups in total. The average molecular weight is 334 g/mol. The van der Waals surface area contributed by atoms with Crippen molar-refractivity contribution in [1.29, 1.82) is 0 Å². The van der Waals surface area contributed by atoms with Gasteiger partial charge in [-0.3, -0.25) is 0 Å². The Bertz CT molecular complexity index is 1040. The molecular weight excluding hydrogens is 312 g/mol. The molecule has 0 amide bonds. The van der Waals surface area contributed by atoms with E-state index in [1.54, 1.807) is 0 Å². The second-order valence-electron chi connectivity index (χ2n) is 6.61. The van der Waals surface area contributed by atoms with Gasteiger partial charge in [0.2, 0.25) is 12.7 Å². The molecular formula is C19H22N6+2. The number of imidazole rings is 2. The lowest BCUT2D eigenvalue weighted by Gasteiger charge is -2.08. The minimum Gasteiger partial charge on any atom is -0.245 e. The van der Waals surface area contributed by atoms with Crippen molar-refractivity contribution in [2.24, 2.45) is 14.1 Å². The van der Waals surface area contributed by atoms with Gasteiger partial charge in [-0.25, -0.2) is 28.2 Å². The molecule has 126 valence electrons. The molecule has 0 atom stereocenters. The predicted molar refractivity (Wildman–Crippen MR) is 93.7 cm³/mol. The van der Waals surface area contributed by atoms with Gasteiger partial charge in [0.25, 0.3) is 0 Å². The summed E-state index contributed by atoms with van der Waals surface area (Å²) in [6, 6.07) is 6.24. The van der Waals surface area contributed by atoms with E-state index < -0.39 is 0 Å². The number of rotatable bonds is 4. The van der Waals surface area contributed by atoms with E-state index in [1.165, 1.54) is 5.56 Å². The predicted octanol–water partition coefficient (Wildman–Crippen LogP) is 1.29. The summed E-state index contributed by atoms with van der Waals surface area (Å²) in [5, 5.41) is 0. The smallest absolute Gasteiger partial charge is 0.243 e. The molecule has 0 bridgehead atoms. The molecule has 3 heterocycles. The molecule has 0 aliphatic carbocycles. The summed E-state index contributed by atoms with van der Waals surface area (Å²) < 4.78 is 8.32. The zero-order valence-corrected chi connectivity index (χ0v) is 14.8. The fourth-order valence-electron chi connectivity index (χ4n) is 3.03. The average Bonchev–Trinajstić information content (AvgIpc) is 3.16. The Morgan fingerprint density at radius 2 is 1.40 bits per heavy atom. The molecule has 4 aromatic rings. The molecule has 0 saturated heterocycles. The second kappa shape index (κ2) is 6.12. The maximum absolute atomic E-state index is 4.93. The minimum atomic E-state index is 0.709. The van der Waals surface area contributed by atoms with Crippen LogP contribution in [0.5, 0.6) is 0 Å². The molecule has 0 fully saturated rings. The van der Waals surface area contributed by atoms with Crippen LogP contribution in [0.3, 0.4) is 0 Å². The number of fused-ring (bicyclic) bond motifs is 1. The zero-order valence-electron chi connectivity index (χ0n) is 14.8. The molecule has 3 aromatic heterocycles. The van der Waals surface area contributed by atoms with Gasteiger partial charge >= 0.3 is 0 Å². The van der Waals surface area contributed by atoms with Crippen molar-refractivity contribution in [2.75, 3.05) is 0 Å². The van der Waals surface area contributed by atoms with Crippen molar-refractivity contribution < 1.29 is 9.13 Å². The van der Waals surface area contributed by atoms with Crippen molar-refractivity contribution in [3.05, 3.63) is 72.6 Å². The molecule has 0 aliphatic rings. The lowest BCUT2D eigenvalue weighted by atomic mass is 10.2. The Labute approximate surface area is 146 Å². The van der Waals surface area contributed by atoms with Crippen molar-refractivity contribution in [3.8, 4) is 0 Å². The largest absolute Gasteiger partial charge is 0.245 e. The molecule has 0 unspecified atom stereocenters. The normalized spacial score (nSPS) is 11.3. The van der Waals surface area contributed by atoms with Crippen LogP contribution in [0.4, 0.5) is 0 Å². The van der Waals surface area contributed by atoms with Crippen LogP contribution in [0.1, 0.15) is 17.0 Å². The van der Waals surface area contributed by atoms with Crippen LogP contribution in [0.15, 0.2) is 55.6 Å². The van der Waals surface area contributed by atoms with Gasteiger partial charge in [-0.1, -0.05) is 6.07 Å². The number of aryl methyl sites for hydroxylation is 3. The summed E-state index contributed by atoms with van der Waals surface area (Å²) in [5.74, 6) is 0. The highest BCUT2D eigenvalue weighted by molar-refractivity contribution is 5.75. The van der Waals surface area contributed by atoms with Gasteiger partial charge in [-0.05, 0) is 24.6 Å². The van der Waals surface area contributed by atoms with Gasteiger partial charge in [-0.15, -0.1) is 0 Å². The lowest BCUT2D eigenvalue weighted by Crippen LogP contribution is -2.24. The van der Waals surface area contributed by atoms with E-state index in [2.05, 4.69) is 59.3 Å². The van der Waals surface area contributed by atoms with Crippen LogP contribution in [-0.4, -0.2) is 19.1 Å². The summed E-state index contributed by atoms with van der Waals surface area (Å²) in [7, 11) is 4.04. The first-order valence-electron chi connectivity index (χ1n) is 8.35. The van der Waals surface area contributed by atoms with Gasteiger partial charge in [0, 0.05) is 0 Å². The molecule has 0 radical (unpaired) electrons. The van der Waals surface area contributed by atoms with E-state index >= 15 is 0 Å². The Kier molecular flexibility index (Phi) is 3.80. The van der Waals surface area contributed by atoms with E-state index in [1.807, 2.05) is 35.6 Å². The van der Waals surface area contributed by atoms with Gasteiger partial charge in [-0.2, -0.15) is 0 Å². The maximum atomic E-state index is 4.93. The molecule has 6 nitrogen and oxygen atoms in total. The summed E-state index contributed by atoms with van der Waals surface area (Å²) in [6.07, 6.45) is 12.3. The first-order chi connectivity index (χ1) is 12.1. The summed E-state index contributed by atoms with van der Waals surface area (Å²) >= 11 is 0. The van der Waals surface area contributed by atoms with Crippen LogP contribution >= 0.6 is 0 Å². The standard InChI is InChI=1S/C19H22N6/c1-15-4-5-16-17(10-15)21-19(12-25-9-7-23(3)14-25)18(20-16)11-24-8-6-22(2)13-24/h4-10,13-14H,11-12H2,1-3H3/q+2. The van der Waals surface area contributed by atoms with Crippen molar-refractivity contribution in [3.63, 3.8) is 0 Å². The Morgan fingerprint density at radius 1 is 0.840 bits per heavy atom. The number of benzene rings is 1. The van der Waals surface area contributed by atoms with E-state index in [4.69, 9.17) is 9.97 Å². The van der Waals surface area contributed by atoms with Crippen LogP contribution in [0.2, 0.25) is 0 Å². The fraction of sp³-hybridized carbons (Fsp3) is 0.263. The van der Waals surface area contributed by atoms with Crippen LogP contribution in [0, 0.1) is 6.92 Å². The first-order valence-corrected chi connectivity index (χ1v) is 8.35. The quantitative estimate of drug-likeness (QED) is 0.528. The molecule has 25 heavy (non-hydrogen) atoms. The van der Waals surface area contributed by atoms with E-state index in [9.17, 15) is 0 Å². The Balaban J connectivity index is 1.79. The van der Waals surface area contributed by atoms with Crippen LogP contribution in [0.25, 0.3) is 11.0 Å². The van der Waals surface area contributed by atoms with E-state index in [0.29, 0.717) is 13.1 Å². The second-order valence-corrected chi connectivity index (χ2v) is 6.61. The minimum absolute atomic E-state index is 0.709. The highest BCUT2D eigenvalue weighted by Gasteiger charge is 2.15. The lowest BCUT2D eigenvalue weighted by molar-refractivity contribution is -0.671. The molecule has 0 saturated carbocycles. The van der Waals surface area contributed by atoms with Gasteiger partial charge in [0.15, 0.2) is 0 Å². The Hall–Kier alpha value is -3.02. The molecule has 0 spiro atoms. The molecule has 1 aromatic carbocycles. The van der Waals surface area contributed by atoms with Crippen molar-refractivity contribution in [1.82, 2.24) is 19.1 Å². The molecule has 0 aliphatic heterocycles. The summed E-state index contributed by atoms with van der Waals surface area (Å²) in [5.41, 5.74) is 5.10. The van der Waals surface area contributed by atoms with Gasteiger partial charge in [0.05, 0.1) is 25.1 Å². The third kappa shape index (κ3) is 3.28.